The van der Waals surface area contributed by atoms with Gasteiger partial charge in [-0.3, -0.25) is 14.4 Å². The van der Waals surface area contributed by atoms with Crippen molar-refractivity contribution in [3.63, 3.8) is 0 Å². The quantitative estimate of drug-likeness (QED) is 0.369. The lowest BCUT2D eigenvalue weighted by Gasteiger charge is -2.30. The fourth-order valence-electron chi connectivity index (χ4n) is 4.14. The van der Waals surface area contributed by atoms with Crippen LogP contribution in [0.25, 0.3) is 0 Å². The molecule has 202 valence electrons. The van der Waals surface area contributed by atoms with Crippen LogP contribution in [0.15, 0.2) is 30.3 Å². The second-order valence-electron chi connectivity index (χ2n) is 8.30. The summed E-state index contributed by atoms with van der Waals surface area (Å²) in [4.78, 5) is 38.8. The molecule has 4 rings (SSSR count). The number of anilines is 2. The largest absolute Gasteiger partial charge is 0.433 e. The average molecular weight is 569 g/mol. The second kappa shape index (κ2) is 11.2. The molecule has 1 aromatic carbocycles. The maximum Gasteiger partial charge on any atom is 0.433 e. The molecule has 1 aliphatic carbocycles. The van der Waals surface area contributed by atoms with Crippen molar-refractivity contribution in [1.82, 2.24) is 10.3 Å². The number of Topliss-reactive ketones (excluding diaryl/α,β-unsaturated/α-hetero) is 1. The summed E-state index contributed by atoms with van der Waals surface area (Å²) in [5.41, 5.74) is -3.27. The van der Waals surface area contributed by atoms with E-state index in [0.29, 0.717) is 37.8 Å². The first-order valence-corrected chi connectivity index (χ1v) is 10.6. The van der Waals surface area contributed by atoms with Gasteiger partial charge in [0.25, 0.3) is 17.6 Å². The van der Waals surface area contributed by atoms with Crippen LogP contribution in [0.1, 0.15) is 57.8 Å². The number of carbonyl (C=O) groups excluding carboxylic acids is 3. The summed E-state index contributed by atoms with van der Waals surface area (Å²) in [6, 6.07) is 4.72. The average Bonchev–Trinajstić information content (AvgIpc) is 3.07. The molecule has 0 atom stereocenters. The van der Waals surface area contributed by atoms with Crippen LogP contribution in [0, 0.1) is 0 Å². The Morgan fingerprint density at radius 1 is 0.892 bits per heavy atom. The van der Waals surface area contributed by atoms with E-state index in [1.807, 2.05) is 0 Å². The Labute approximate surface area is 220 Å². The zero-order chi connectivity index (χ0) is 25.5. The summed E-state index contributed by atoms with van der Waals surface area (Å²) in [5.74, 6) is -2.07. The van der Waals surface area contributed by atoms with Gasteiger partial charge in [0.1, 0.15) is 11.4 Å². The number of benzene rings is 1. The highest BCUT2D eigenvalue weighted by Gasteiger charge is 2.39. The molecule has 1 aromatic heterocycles. The van der Waals surface area contributed by atoms with Crippen LogP contribution in [0.2, 0.25) is 0 Å². The topological polar surface area (TPSA) is 100 Å². The van der Waals surface area contributed by atoms with Crippen molar-refractivity contribution in [2.75, 3.05) is 10.6 Å². The number of rotatable bonds is 4. The molecule has 15 heteroatoms. The Bertz CT molecular complexity index is 1170. The van der Waals surface area contributed by atoms with E-state index in [1.165, 1.54) is 18.2 Å². The predicted molar refractivity (Wildman–Crippen MR) is 132 cm³/mol. The number of nitrogens with zero attached hydrogens (tertiary/aromatic N) is 1. The number of para-hydroxylation sites is 1. The standard InChI is InChI=1S/C22H18F6N4O3.2H2S/c23-21(24,25)15-8-12(9-16(31-15)22(26,27)28)29-10-4-6-11(7-5-10)30-19(34)14-3-1-2-13-17(14)32-20(35)18(13)33;;/h1-3,8-11H,4-7H2,(H,29,31)(H,30,34)(H,32,33,35);2*1H2. The molecular weight excluding hydrogens is 546 g/mol. The van der Waals surface area contributed by atoms with Gasteiger partial charge in [0, 0.05) is 17.8 Å². The summed E-state index contributed by atoms with van der Waals surface area (Å²) >= 11 is 0. The van der Waals surface area contributed by atoms with Crippen molar-refractivity contribution >= 4 is 56.0 Å². The summed E-state index contributed by atoms with van der Waals surface area (Å²) in [7, 11) is 0. The van der Waals surface area contributed by atoms with Gasteiger partial charge in [-0.25, -0.2) is 4.98 Å². The van der Waals surface area contributed by atoms with E-state index in [-0.39, 0.29) is 55.5 Å². The first-order chi connectivity index (χ1) is 16.3. The molecule has 3 N–H and O–H groups in total. The lowest BCUT2D eigenvalue weighted by Crippen LogP contribution is -2.40. The molecule has 0 saturated heterocycles. The van der Waals surface area contributed by atoms with E-state index in [0.717, 1.165) is 0 Å². The van der Waals surface area contributed by atoms with Crippen molar-refractivity contribution in [1.29, 1.82) is 0 Å². The smallest absolute Gasteiger partial charge is 0.382 e. The van der Waals surface area contributed by atoms with Crippen molar-refractivity contribution < 1.29 is 40.7 Å². The molecule has 0 radical (unpaired) electrons. The van der Waals surface area contributed by atoms with Crippen LogP contribution in [0.5, 0.6) is 0 Å². The van der Waals surface area contributed by atoms with Gasteiger partial charge in [-0.1, -0.05) is 6.07 Å². The number of halogens is 6. The Kier molecular flexibility index (Phi) is 9.17. The van der Waals surface area contributed by atoms with E-state index in [2.05, 4.69) is 20.9 Å². The maximum atomic E-state index is 13.0. The number of fused-ring (bicyclic) bond motifs is 1. The maximum absolute atomic E-state index is 13.0. The number of hydrogen-bond donors (Lipinski definition) is 3. The molecule has 0 bridgehead atoms. The van der Waals surface area contributed by atoms with E-state index in [4.69, 9.17) is 0 Å². The first-order valence-electron chi connectivity index (χ1n) is 10.6. The third-order valence-corrected chi connectivity index (χ3v) is 5.84. The minimum atomic E-state index is -5.04. The van der Waals surface area contributed by atoms with Crippen LogP contribution in [0.4, 0.5) is 37.7 Å². The lowest BCUT2D eigenvalue weighted by molar-refractivity contribution is -0.150. The number of aromatic nitrogens is 1. The van der Waals surface area contributed by atoms with E-state index in [1.54, 1.807) is 0 Å². The fourth-order valence-corrected chi connectivity index (χ4v) is 4.14. The highest BCUT2D eigenvalue weighted by Crippen LogP contribution is 2.36. The molecule has 0 spiro atoms. The number of ketones is 1. The Morgan fingerprint density at radius 2 is 1.43 bits per heavy atom. The molecule has 7 nitrogen and oxygen atoms in total. The molecule has 1 aliphatic heterocycles. The van der Waals surface area contributed by atoms with Gasteiger partial charge in [0.2, 0.25) is 0 Å². The van der Waals surface area contributed by atoms with Gasteiger partial charge in [-0.2, -0.15) is 53.3 Å². The SMILES string of the molecule is O=C1Nc2c(C(=O)NC3CCC(Nc4cc(C(F)(F)F)nc(C(F)(F)F)c4)CC3)cccc2C1=O.S.S. The van der Waals surface area contributed by atoms with Gasteiger partial charge in [-0.05, 0) is 49.9 Å². The molecule has 2 aromatic rings. The number of carbonyl (C=O) groups is 3. The number of amides is 2. The van der Waals surface area contributed by atoms with Gasteiger partial charge in [0.05, 0.1) is 16.8 Å². The first kappa shape index (κ1) is 30.3. The van der Waals surface area contributed by atoms with Gasteiger partial charge >= 0.3 is 12.4 Å². The predicted octanol–water partition coefficient (Wildman–Crippen LogP) is 4.63. The third kappa shape index (κ3) is 6.69. The van der Waals surface area contributed by atoms with Crippen molar-refractivity contribution in [3.05, 3.63) is 52.8 Å². The number of nitrogens with one attached hydrogen (secondary N) is 3. The highest BCUT2D eigenvalue weighted by atomic mass is 32.1. The number of pyridine rings is 1. The molecule has 2 amide bonds. The molecule has 2 aliphatic rings. The zero-order valence-electron chi connectivity index (χ0n) is 18.8. The van der Waals surface area contributed by atoms with Crippen LogP contribution in [0.3, 0.4) is 0 Å². The molecule has 0 unspecified atom stereocenters. The third-order valence-electron chi connectivity index (χ3n) is 5.84. The van der Waals surface area contributed by atoms with Crippen molar-refractivity contribution in [3.8, 4) is 0 Å². The second-order valence-corrected chi connectivity index (χ2v) is 8.30. The van der Waals surface area contributed by atoms with Crippen LogP contribution >= 0.6 is 27.0 Å². The summed E-state index contributed by atoms with van der Waals surface area (Å²) in [6.07, 6.45) is -8.51. The zero-order valence-corrected chi connectivity index (χ0v) is 20.8. The molecular formula is C22H22F6N4O3S2. The Balaban J connectivity index is 0.00000241. The minimum Gasteiger partial charge on any atom is -0.382 e. The molecule has 37 heavy (non-hydrogen) atoms. The molecule has 1 fully saturated rings. The van der Waals surface area contributed by atoms with Gasteiger partial charge in [-0.15, -0.1) is 0 Å². The fraction of sp³-hybridized carbons (Fsp3) is 0.364. The van der Waals surface area contributed by atoms with Crippen molar-refractivity contribution in [2.24, 2.45) is 0 Å². The van der Waals surface area contributed by atoms with E-state index < -0.39 is 47.4 Å². The van der Waals surface area contributed by atoms with Crippen LogP contribution < -0.4 is 16.0 Å². The van der Waals surface area contributed by atoms with Crippen LogP contribution in [-0.2, 0) is 17.1 Å². The van der Waals surface area contributed by atoms with E-state index in [9.17, 15) is 40.7 Å². The number of alkyl halides is 6. The van der Waals surface area contributed by atoms with Crippen LogP contribution in [-0.4, -0.2) is 34.7 Å². The highest BCUT2D eigenvalue weighted by molar-refractivity contribution is 7.59. The Hall–Kier alpha value is -2.94. The summed E-state index contributed by atoms with van der Waals surface area (Å²) < 4.78 is 78.1. The summed E-state index contributed by atoms with van der Waals surface area (Å²) in [5, 5.41) is 7.89. The molecule has 1 saturated carbocycles. The number of hydrogen-bond acceptors (Lipinski definition) is 5. The minimum absolute atomic E-state index is 0. The van der Waals surface area contributed by atoms with Gasteiger partial charge < -0.3 is 16.0 Å². The van der Waals surface area contributed by atoms with Crippen molar-refractivity contribution in [2.45, 2.75) is 50.1 Å². The monoisotopic (exact) mass is 568 g/mol. The molecule has 2 heterocycles. The summed E-state index contributed by atoms with van der Waals surface area (Å²) in [6.45, 7) is 0. The van der Waals surface area contributed by atoms with E-state index >= 15 is 0 Å². The normalized spacial score (nSPS) is 19.2. The lowest BCUT2D eigenvalue weighted by atomic mass is 9.90. The Morgan fingerprint density at radius 3 is 1.97 bits per heavy atom. The van der Waals surface area contributed by atoms with Gasteiger partial charge in [0.15, 0.2) is 0 Å².